The number of nitrogens with one attached hydrogen (secondary N) is 1. The fourth-order valence-corrected chi connectivity index (χ4v) is 2.29. The van der Waals surface area contributed by atoms with Crippen LogP contribution in [0.3, 0.4) is 0 Å². The minimum Gasteiger partial charge on any atom is -0.497 e. The van der Waals surface area contributed by atoms with Crippen molar-refractivity contribution < 1.29 is 14.3 Å². The van der Waals surface area contributed by atoms with E-state index in [1.54, 1.807) is 7.11 Å². The van der Waals surface area contributed by atoms with Crippen LogP contribution >= 0.6 is 0 Å². The zero-order chi connectivity index (χ0) is 14.5. The molecule has 1 aromatic rings. The summed E-state index contributed by atoms with van der Waals surface area (Å²) in [6, 6.07) is 7.43. The van der Waals surface area contributed by atoms with E-state index in [-0.39, 0.29) is 24.4 Å². The fraction of sp³-hybridized carbons (Fsp3) is 0.467. The number of methoxy groups -OCH3 is 1. The van der Waals surface area contributed by atoms with Gasteiger partial charge in [0.2, 0.25) is 11.8 Å². The molecule has 1 fully saturated rings. The standard InChI is InChI=1S/C15H20N2O3/c1-3-13-15(19)17(14(18)10-16-13)9-8-11-4-6-12(20-2)7-5-11/h4-7,13,16H,3,8-10H2,1-2H3. The van der Waals surface area contributed by atoms with Gasteiger partial charge in [-0.3, -0.25) is 19.8 Å². The molecule has 1 saturated heterocycles. The zero-order valence-corrected chi connectivity index (χ0v) is 11.9. The lowest BCUT2D eigenvalue weighted by molar-refractivity contribution is -0.149. The van der Waals surface area contributed by atoms with Gasteiger partial charge in [0.25, 0.3) is 0 Å². The Balaban J connectivity index is 1.97. The maximum Gasteiger partial charge on any atom is 0.246 e. The number of carbonyl (C=O) groups excluding carboxylic acids is 2. The van der Waals surface area contributed by atoms with E-state index in [4.69, 9.17) is 4.74 Å². The number of amides is 2. The van der Waals surface area contributed by atoms with Crippen LogP contribution in [0.5, 0.6) is 5.75 Å². The molecule has 1 aliphatic heterocycles. The molecule has 1 aliphatic rings. The third kappa shape index (κ3) is 3.17. The van der Waals surface area contributed by atoms with E-state index in [1.807, 2.05) is 31.2 Å². The summed E-state index contributed by atoms with van der Waals surface area (Å²) in [4.78, 5) is 25.3. The van der Waals surface area contributed by atoms with Crippen molar-refractivity contribution in [3.05, 3.63) is 29.8 Å². The molecule has 1 N–H and O–H groups in total. The molecule has 5 nitrogen and oxygen atoms in total. The first-order valence-electron chi connectivity index (χ1n) is 6.86. The molecular weight excluding hydrogens is 256 g/mol. The van der Waals surface area contributed by atoms with Crippen molar-refractivity contribution in [3.8, 4) is 5.75 Å². The number of benzene rings is 1. The van der Waals surface area contributed by atoms with Crippen LogP contribution in [0.2, 0.25) is 0 Å². The Labute approximate surface area is 118 Å². The largest absolute Gasteiger partial charge is 0.497 e. The molecule has 2 amide bonds. The molecule has 1 heterocycles. The number of carbonyl (C=O) groups is 2. The topological polar surface area (TPSA) is 58.6 Å². The molecule has 0 aliphatic carbocycles. The predicted octanol–water partition coefficient (Wildman–Crippen LogP) is 0.975. The highest BCUT2D eigenvalue weighted by atomic mass is 16.5. The maximum atomic E-state index is 12.1. The molecule has 0 aromatic heterocycles. The summed E-state index contributed by atoms with van der Waals surface area (Å²) in [5.41, 5.74) is 1.08. The summed E-state index contributed by atoms with van der Waals surface area (Å²) < 4.78 is 5.10. The Morgan fingerprint density at radius 2 is 2.00 bits per heavy atom. The highest BCUT2D eigenvalue weighted by Gasteiger charge is 2.32. The SMILES string of the molecule is CCC1NCC(=O)N(CCc2ccc(OC)cc2)C1=O. The van der Waals surface area contributed by atoms with E-state index in [0.29, 0.717) is 19.4 Å². The van der Waals surface area contributed by atoms with Crippen LogP contribution in [0.25, 0.3) is 0 Å². The van der Waals surface area contributed by atoms with Gasteiger partial charge in [0.15, 0.2) is 0 Å². The molecule has 0 saturated carbocycles. The van der Waals surface area contributed by atoms with Gasteiger partial charge in [0, 0.05) is 6.54 Å². The van der Waals surface area contributed by atoms with Crippen molar-refractivity contribution in [2.75, 3.05) is 20.2 Å². The highest BCUT2D eigenvalue weighted by molar-refractivity contribution is 6.01. The highest BCUT2D eigenvalue weighted by Crippen LogP contribution is 2.13. The smallest absolute Gasteiger partial charge is 0.246 e. The average Bonchev–Trinajstić information content (AvgIpc) is 2.48. The molecule has 5 heteroatoms. The summed E-state index contributed by atoms with van der Waals surface area (Å²) in [7, 11) is 1.62. The Bertz CT molecular complexity index is 484. The molecule has 20 heavy (non-hydrogen) atoms. The van der Waals surface area contributed by atoms with Gasteiger partial charge in [-0.1, -0.05) is 19.1 Å². The molecule has 0 spiro atoms. The lowest BCUT2D eigenvalue weighted by atomic mass is 10.1. The third-order valence-electron chi connectivity index (χ3n) is 3.56. The van der Waals surface area contributed by atoms with Crippen molar-refractivity contribution >= 4 is 11.8 Å². The number of hydrogen-bond donors (Lipinski definition) is 1. The average molecular weight is 276 g/mol. The Morgan fingerprint density at radius 1 is 1.30 bits per heavy atom. The van der Waals surface area contributed by atoms with Gasteiger partial charge in [-0.05, 0) is 30.5 Å². The van der Waals surface area contributed by atoms with Crippen LogP contribution in [-0.4, -0.2) is 43.0 Å². The van der Waals surface area contributed by atoms with Crippen LogP contribution in [0.1, 0.15) is 18.9 Å². The van der Waals surface area contributed by atoms with E-state index >= 15 is 0 Å². The van der Waals surface area contributed by atoms with Crippen molar-refractivity contribution in [3.63, 3.8) is 0 Å². The first-order valence-corrected chi connectivity index (χ1v) is 6.86. The van der Waals surface area contributed by atoms with Crippen LogP contribution in [0.4, 0.5) is 0 Å². The van der Waals surface area contributed by atoms with Gasteiger partial charge in [0.05, 0.1) is 19.7 Å². The molecule has 2 rings (SSSR count). The van der Waals surface area contributed by atoms with Gasteiger partial charge in [-0.15, -0.1) is 0 Å². The van der Waals surface area contributed by atoms with E-state index in [0.717, 1.165) is 11.3 Å². The molecule has 108 valence electrons. The van der Waals surface area contributed by atoms with Crippen molar-refractivity contribution in [2.45, 2.75) is 25.8 Å². The van der Waals surface area contributed by atoms with Crippen LogP contribution in [-0.2, 0) is 16.0 Å². The van der Waals surface area contributed by atoms with E-state index < -0.39 is 0 Å². The lowest BCUT2D eigenvalue weighted by Gasteiger charge is -2.31. The zero-order valence-electron chi connectivity index (χ0n) is 11.9. The molecular formula is C15H20N2O3. The third-order valence-corrected chi connectivity index (χ3v) is 3.56. The number of piperazine rings is 1. The number of ether oxygens (including phenoxy) is 1. The number of imide groups is 1. The van der Waals surface area contributed by atoms with Gasteiger partial charge >= 0.3 is 0 Å². The first-order chi connectivity index (χ1) is 9.65. The monoisotopic (exact) mass is 276 g/mol. The van der Waals surface area contributed by atoms with Crippen LogP contribution in [0.15, 0.2) is 24.3 Å². The summed E-state index contributed by atoms with van der Waals surface area (Å²) in [6.45, 7) is 2.61. The Hall–Kier alpha value is -1.88. The molecule has 0 bridgehead atoms. The number of rotatable bonds is 5. The van der Waals surface area contributed by atoms with Crippen molar-refractivity contribution in [1.29, 1.82) is 0 Å². The van der Waals surface area contributed by atoms with Crippen LogP contribution < -0.4 is 10.1 Å². The summed E-state index contributed by atoms with van der Waals surface area (Å²) >= 11 is 0. The lowest BCUT2D eigenvalue weighted by Crippen LogP contribution is -2.58. The second-order valence-electron chi connectivity index (χ2n) is 4.82. The fourth-order valence-electron chi connectivity index (χ4n) is 2.29. The van der Waals surface area contributed by atoms with Gasteiger partial charge in [0.1, 0.15) is 5.75 Å². The van der Waals surface area contributed by atoms with Gasteiger partial charge in [-0.2, -0.15) is 0 Å². The minimum absolute atomic E-state index is 0.114. The minimum atomic E-state index is -0.233. The second kappa shape index (κ2) is 6.52. The van der Waals surface area contributed by atoms with Gasteiger partial charge < -0.3 is 4.74 Å². The predicted molar refractivity (Wildman–Crippen MR) is 75.5 cm³/mol. The molecule has 1 unspecified atom stereocenters. The summed E-state index contributed by atoms with van der Waals surface area (Å²) in [5, 5.41) is 2.95. The second-order valence-corrected chi connectivity index (χ2v) is 4.82. The summed E-state index contributed by atoms with van der Waals surface area (Å²) in [6.07, 6.45) is 1.36. The van der Waals surface area contributed by atoms with Crippen molar-refractivity contribution in [1.82, 2.24) is 10.2 Å². The molecule has 1 aromatic carbocycles. The normalized spacial score (nSPS) is 19.3. The quantitative estimate of drug-likeness (QED) is 0.814. The number of hydrogen-bond acceptors (Lipinski definition) is 4. The number of nitrogens with zero attached hydrogens (tertiary/aromatic N) is 1. The van der Waals surface area contributed by atoms with Crippen LogP contribution in [0, 0.1) is 0 Å². The molecule has 0 radical (unpaired) electrons. The van der Waals surface area contributed by atoms with Gasteiger partial charge in [-0.25, -0.2) is 0 Å². The first kappa shape index (κ1) is 14.5. The maximum absolute atomic E-state index is 12.1. The Morgan fingerprint density at radius 3 is 2.60 bits per heavy atom. The van der Waals surface area contributed by atoms with E-state index in [9.17, 15) is 9.59 Å². The van der Waals surface area contributed by atoms with Crippen molar-refractivity contribution in [2.24, 2.45) is 0 Å². The Kier molecular flexibility index (Phi) is 4.74. The summed E-state index contributed by atoms with van der Waals surface area (Å²) in [5.74, 6) is 0.541. The van der Waals surface area contributed by atoms with E-state index in [1.165, 1.54) is 4.90 Å². The molecule has 1 atom stereocenters. The van der Waals surface area contributed by atoms with E-state index in [2.05, 4.69) is 5.32 Å².